The number of carbonyl (C=O) groups is 1. The number of nitrogens with one attached hydrogen (secondary N) is 1. The number of aryl methyl sites for hydroxylation is 1. The molecule has 0 aliphatic carbocycles. The van der Waals surface area contributed by atoms with Gasteiger partial charge in [-0.05, 0) is 42.3 Å². The van der Waals surface area contributed by atoms with E-state index in [1.165, 1.54) is 18.2 Å². The Morgan fingerprint density at radius 2 is 1.89 bits per heavy atom. The zero-order valence-corrected chi connectivity index (χ0v) is 10.6. The molecule has 0 aliphatic heterocycles. The standard InChI is InChI=1S/C15H15FN2O/c1-2-10-3-5-11(6-4-10)15(19)18-14-9-12(16)7-8-13(14)17/h3-9H,2,17H2,1H3,(H,18,19). The maximum Gasteiger partial charge on any atom is 0.255 e. The van der Waals surface area contributed by atoms with Gasteiger partial charge in [0.15, 0.2) is 0 Å². The number of carbonyl (C=O) groups excluding carboxylic acids is 1. The Morgan fingerprint density at radius 3 is 2.53 bits per heavy atom. The lowest BCUT2D eigenvalue weighted by molar-refractivity contribution is 0.102. The van der Waals surface area contributed by atoms with Crippen molar-refractivity contribution in [2.45, 2.75) is 13.3 Å². The van der Waals surface area contributed by atoms with Crippen molar-refractivity contribution in [2.75, 3.05) is 11.1 Å². The summed E-state index contributed by atoms with van der Waals surface area (Å²) in [6.07, 6.45) is 0.915. The lowest BCUT2D eigenvalue weighted by Gasteiger charge is -2.08. The molecule has 0 saturated carbocycles. The number of halogens is 1. The van der Waals surface area contributed by atoms with E-state index in [9.17, 15) is 9.18 Å². The molecule has 3 N–H and O–H groups in total. The van der Waals surface area contributed by atoms with E-state index in [0.29, 0.717) is 11.3 Å². The number of amides is 1. The molecule has 2 rings (SSSR count). The van der Waals surface area contributed by atoms with E-state index in [4.69, 9.17) is 5.73 Å². The van der Waals surface area contributed by atoms with Crippen LogP contribution in [0.4, 0.5) is 15.8 Å². The zero-order valence-electron chi connectivity index (χ0n) is 10.6. The molecule has 2 aromatic rings. The van der Waals surface area contributed by atoms with Crippen molar-refractivity contribution in [1.29, 1.82) is 0 Å². The molecule has 0 aromatic heterocycles. The molecule has 0 spiro atoms. The number of hydrogen-bond acceptors (Lipinski definition) is 2. The summed E-state index contributed by atoms with van der Waals surface area (Å²) in [6, 6.07) is 11.1. The second-order valence-electron chi connectivity index (χ2n) is 4.24. The largest absolute Gasteiger partial charge is 0.397 e. The first kappa shape index (κ1) is 13.1. The molecule has 3 nitrogen and oxygen atoms in total. The Bertz CT molecular complexity index is 594. The molecule has 0 unspecified atom stereocenters. The Kier molecular flexibility index (Phi) is 3.80. The first-order valence-electron chi connectivity index (χ1n) is 6.05. The highest BCUT2D eigenvalue weighted by atomic mass is 19.1. The number of anilines is 2. The maximum atomic E-state index is 13.1. The van der Waals surface area contributed by atoms with Gasteiger partial charge in [0.2, 0.25) is 0 Å². The number of rotatable bonds is 3. The van der Waals surface area contributed by atoms with Gasteiger partial charge in [0, 0.05) is 5.56 Å². The third kappa shape index (κ3) is 3.10. The number of nitrogen functional groups attached to an aromatic ring is 1. The Morgan fingerprint density at radius 1 is 1.21 bits per heavy atom. The fraction of sp³-hybridized carbons (Fsp3) is 0.133. The molecule has 0 saturated heterocycles. The van der Waals surface area contributed by atoms with Crippen LogP contribution in [0.1, 0.15) is 22.8 Å². The van der Waals surface area contributed by atoms with Gasteiger partial charge in [0.05, 0.1) is 11.4 Å². The van der Waals surface area contributed by atoms with Gasteiger partial charge in [-0.15, -0.1) is 0 Å². The second-order valence-corrected chi connectivity index (χ2v) is 4.24. The monoisotopic (exact) mass is 258 g/mol. The highest BCUT2D eigenvalue weighted by molar-refractivity contribution is 6.05. The summed E-state index contributed by atoms with van der Waals surface area (Å²) in [5.41, 5.74) is 7.96. The van der Waals surface area contributed by atoms with Crippen LogP contribution in [-0.4, -0.2) is 5.91 Å². The molecule has 0 heterocycles. The number of hydrogen-bond donors (Lipinski definition) is 2. The minimum atomic E-state index is -0.439. The Balaban J connectivity index is 2.18. The van der Waals surface area contributed by atoms with Crippen molar-refractivity contribution >= 4 is 17.3 Å². The average Bonchev–Trinajstić information content (AvgIpc) is 2.43. The van der Waals surface area contributed by atoms with Crippen LogP contribution in [0.3, 0.4) is 0 Å². The lowest BCUT2D eigenvalue weighted by Crippen LogP contribution is -2.13. The normalized spacial score (nSPS) is 10.2. The molecule has 4 heteroatoms. The summed E-state index contributed by atoms with van der Waals surface area (Å²) in [4.78, 5) is 12.0. The van der Waals surface area contributed by atoms with Crippen molar-refractivity contribution in [3.63, 3.8) is 0 Å². The minimum absolute atomic E-state index is 0.282. The molecular formula is C15H15FN2O. The van der Waals surface area contributed by atoms with Gasteiger partial charge in [-0.2, -0.15) is 0 Å². The molecule has 0 aliphatic rings. The molecule has 2 aromatic carbocycles. The van der Waals surface area contributed by atoms with Crippen LogP contribution in [0.2, 0.25) is 0 Å². The molecular weight excluding hydrogens is 243 g/mol. The number of nitrogens with two attached hydrogens (primary N) is 1. The lowest BCUT2D eigenvalue weighted by atomic mass is 10.1. The van der Waals surface area contributed by atoms with Crippen molar-refractivity contribution in [1.82, 2.24) is 0 Å². The van der Waals surface area contributed by atoms with Crippen LogP contribution in [0.25, 0.3) is 0 Å². The van der Waals surface area contributed by atoms with Gasteiger partial charge in [-0.25, -0.2) is 4.39 Å². The fourth-order valence-electron chi connectivity index (χ4n) is 1.72. The minimum Gasteiger partial charge on any atom is -0.397 e. The third-order valence-corrected chi connectivity index (χ3v) is 2.89. The molecule has 0 radical (unpaired) electrons. The van der Waals surface area contributed by atoms with Gasteiger partial charge >= 0.3 is 0 Å². The summed E-state index contributed by atoms with van der Waals surface area (Å²) in [5, 5.41) is 2.60. The van der Waals surface area contributed by atoms with Crippen molar-refractivity contribution in [2.24, 2.45) is 0 Å². The van der Waals surface area contributed by atoms with Crippen LogP contribution >= 0.6 is 0 Å². The Labute approximate surface area is 111 Å². The quantitative estimate of drug-likeness (QED) is 0.830. The van der Waals surface area contributed by atoms with E-state index >= 15 is 0 Å². The van der Waals surface area contributed by atoms with E-state index < -0.39 is 5.82 Å². The first-order valence-corrected chi connectivity index (χ1v) is 6.05. The Hall–Kier alpha value is -2.36. The predicted octanol–water partition coefficient (Wildman–Crippen LogP) is 3.22. The average molecular weight is 258 g/mol. The van der Waals surface area contributed by atoms with E-state index in [1.54, 1.807) is 12.1 Å². The molecule has 1 amide bonds. The zero-order chi connectivity index (χ0) is 13.8. The van der Waals surface area contributed by atoms with Crippen molar-refractivity contribution in [3.05, 3.63) is 59.4 Å². The summed E-state index contributed by atoms with van der Waals surface area (Å²) >= 11 is 0. The first-order chi connectivity index (χ1) is 9.10. The summed E-state index contributed by atoms with van der Waals surface area (Å²) in [6.45, 7) is 2.04. The predicted molar refractivity (Wildman–Crippen MR) is 74.6 cm³/mol. The van der Waals surface area contributed by atoms with Gasteiger partial charge in [0.25, 0.3) is 5.91 Å². The molecule has 98 valence electrons. The number of benzene rings is 2. The molecule has 0 fully saturated rings. The fourth-order valence-corrected chi connectivity index (χ4v) is 1.72. The van der Waals surface area contributed by atoms with Crippen molar-refractivity contribution in [3.8, 4) is 0 Å². The van der Waals surface area contributed by atoms with Crippen LogP contribution in [0, 0.1) is 5.82 Å². The van der Waals surface area contributed by atoms with Gasteiger partial charge < -0.3 is 11.1 Å². The second kappa shape index (κ2) is 5.52. The summed E-state index contributed by atoms with van der Waals surface area (Å²) in [5.74, 6) is -0.745. The van der Waals surface area contributed by atoms with Gasteiger partial charge in [-0.1, -0.05) is 19.1 Å². The molecule has 19 heavy (non-hydrogen) atoms. The van der Waals surface area contributed by atoms with Crippen LogP contribution in [-0.2, 0) is 6.42 Å². The maximum absolute atomic E-state index is 13.1. The van der Waals surface area contributed by atoms with Gasteiger partial charge in [0.1, 0.15) is 5.82 Å². The third-order valence-electron chi connectivity index (χ3n) is 2.89. The van der Waals surface area contributed by atoms with Crippen molar-refractivity contribution < 1.29 is 9.18 Å². The van der Waals surface area contributed by atoms with Gasteiger partial charge in [-0.3, -0.25) is 4.79 Å². The van der Waals surface area contributed by atoms with E-state index in [1.807, 2.05) is 19.1 Å². The topological polar surface area (TPSA) is 55.1 Å². The van der Waals surface area contributed by atoms with Crippen LogP contribution in [0.5, 0.6) is 0 Å². The van der Waals surface area contributed by atoms with E-state index in [2.05, 4.69) is 5.32 Å². The summed E-state index contributed by atoms with van der Waals surface area (Å²) in [7, 11) is 0. The van der Waals surface area contributed by atoms with Crippen LogP contribution < -0.4 is 11.1 Å². The summed E-state index contributed by atoms with van der Waals surface area (Å²) < 4.78 is 13.1. The highest BCUT2D eigenvalue weighted by Crippen LogP contribution is 2.20. The highest BCUT2D eigenvalue weighted by Gasteiger charge is 2.08. The van der Waals surface area contributed by atoms with E-state index in [0.717, 1.165) is 12.0 Å². The molecule has 0 bridgehead atoms. The SMILES string of the molecule is CCc1ccc(C(=O)Nc2cc(F)ccc2N)cc1. The molecule has 0 atom stereocenters. The smallest absolute Gasteiger partial charge is 0.255 e. The van der Waals surface area contributed by atoms with E-state index in [-0.39, 0.29) is 11.6 Å². The van der Waals surface area contributed by atoms with Crippen LogP contribution in [0.15, 0.2) is 42.5 Å².